The van der Waals surface area contributed by atoms with Crippen LogP contribution in [0.1, 0.15) is 16.8 Å². The van der Waals surface area contributed by atoms with Crippen molar-refractivity contribution in [3.05, 3.63) is 66.7 Å². The molecule has 2 heterocycles. The van der Waals surface area contributed by atoms with Crippen molar-refractivity contribution in [1.82, 2.24) is 19.9 Å². The maximum absolute atomic E-state index is 12.4. The number of methoxy groups -OCH3 is 1. The number of nitrogens with one attached hydrogen (secondary N) is 1. The normalized spacial score (nSPS) is 10.9. The van der Waals surface area contributed by atoms with Crippen molar-refractivity contribution in [2.75, 3.05) is 13.7 Å². The maximum Gasteiger partial charge on any atom is 0.251 e. The van der Waals surface area contributed by atoms with Crippen LogP contribution in [0.4, 0.5) is 0 Å². The highest BCUT2D eigenvalue weighted by Crippen LogP contribution is 2.27. The fraction of sp³-hybridized carbons (Fsp3) is 0.190. The van der Waals surface area contributed by atoms with Gasteiger partial charge in [-0.1, -0.05) is 6.07 Å². The molecule has 0 aliphatic rings. The van der Waals surface area contributed by atoms with E-state index in [0.29, 0.717) is 29.1 Å². The Morgan fingerprint density at radius 3 is 3.00 bits per heavy atom. The number of aryl methyl sites for hydroxylation is 1. The average molecular weight is 376 g/mol. The lowest BCUT2D eigenvalue weighted by molar-refractivity contribution is 0.0952. The number of carbonyl (C=O) groups is 1. The van der Waals surface area contributed by atoms with E-state index in [1.807, 2.05) is 35.0 Å². The third-order valence-electron chi connectivity index (χ3n) is 4.41. The van der Waals surface area contributed by atoms with Gasteiger partial charge in [0.25, 0.3) is 5.91 Å². The van der Waals surface area contributed by atoms with Crippen LogP contribution in [0.25, 0.3) is 22.6 Å². The molecule has 28 heavy (non-hydrogen) atoms. The van der Waals surface area contributed by atoms with Crippen molar-refractivity contribution in [1.29, 1.82) is 0 Å². The molecule has 0 saturated carbocycles. The molecule has 0 radical (unpaired) electrons. The number of oxazole rings is 1. The summed E-state index contributed by atoms with van der Waals surface area (Å²) >= 11 is 0. The molecular formula is C21H20N4O3. The highest BCUT2D eigenvalue weighted by molar-refractivity contribution is 5.97. The summed E-state index contributed by atoms with van der Waals surface area (Å²) in [5.41, 5.74) is 2.64. The zero-order valence-corrected chi connectivity index (χ0v) is 15.5. The second-order valence-corrected chi connectivity index (χ2v) is 6.34. The average Bonchev–Trinajstić information content (AvgIpc) is 3.40. The molecule has 1 N–H and O–H groups in total. The maximum atomic E-state index is 12.4. The molecule has 0 aliphatic carbocycles. The van der Waals surface area contributed by atoms with Gasteiger partial charge in [0.15, 0.2) is 5.58 Å². The summed E-state index contributed by atoms with van der Waals surface area (Å²) in [6, 6.07) is 12.8. The van der Waals surface area contributed by atoms with Crippen molar-refractivity contribution in [3.63, 3.8) is 0 Å². The molecule has 7 nitrogen and oxygen atoms in total. The van der Waals surface area contributed by atoms with Gasteiger partial charge in [-0.25, -0.2) is 9.97 Å². The smallest absolute Gasteiger partial charge is 0.251 e. The summed E-state index contributed by atoms with van der Waals surface area (Å²) in [4.78, 5) is 20.9. The molecule has 0 aliphatic heterocycles. The van der Waals surface area contributed by atoms with Gasteiger partial charge < -0.3 is 19.0 Å². The summed E-state index contributed by atoms with van der Waals surface area (Å²) < 4.78 is 13.1. The number of ether oxygens (including phenoxy) is 1. The number of amides is 1. The lowest BCUT2D eigenvalue weighted by Gasteiger charge is -2.05. The third-order valence-corrected chi connectivity index (χ3v) is 4.41. The van der Waals surface area contributed by atoms with Gasteiger partial charge in [0, 0.05) is 36.6 Å². The highest BCUT2D eigenvalue weighted by Gasteiger charge is 2.12. The number of rotatable bonds is 7. The molecule has 0 fully saturated rings. The number of nitrogens with zero attached hydrogens (tertiary/aromatic N) is 3. The number of aromatic nitrogens is 3. The Balaban J connectivity index is 1.44. The van der Waals surface area contributed by atoms with Crippen LogP contribution in [-0.2, 0) is 6.54 Å². The molecule has 4 aromatic rings. The monoisotopic (exact) mass is 376 g/mol. The Morgan fingerprint density at radius 2 is 2.18 bits per heavy atom. The van der Waals surface area contributed by atoms with Crippen LogP contribution >= 0.6 is 0 Å². The Labute approximate surface area is 162 Å². The summed E-state index contributed by atoms with van der Waals surface area (Å²) in [7, 11) is 1.62. The molecule has 2 aromatic heterocycles. The third kappa shape index (κ3) is 3.88. The van der Waals surface area contributed by atoms with Gasteiger partial charge >= 0.3 is 0 Å². The lowest BCUT2D eigenvalue weighted by atomic mass is 10.2. The van der Waals surface area contributed by atoms with E-state index in [-0.39, 0.29) is 5.91 Å². The fourth-order valence-corrected chi connectivity index (χ4v) is 2.93. The van der Waals surface area contributed by atoms with Gasteiger partial charge in [-0.05, 0) is 42.8 Å². The molecule has 0 spiro atoms. The van der Waals surface area contributed by atoms with E-state index in [1.54, 1.807) is 37.8 Å². The van der Waals surface area contributed by atoms with Gasteiger partial charge in [-0.3, -0.25) is 4.79 Å². The number of carbonyl (C=O) groups excluding carboxylic acids is 1. The van der Waals surface area contributed by atoms with Crippen LogP contribution in [0, 0.1) is 0 Å². The van der Waals surface area contributed by atoms with E-state index in [4.69, 9.17) is 9.15 Å². The standard InChI is InChI=1S/C21H20N4O3/c1-27-17-5-2-4-16(12-17)21-24-18-7-6-15(13-19(18)28-21)20(26)23-8-3-10-25-11-9-22-14-25/h2,4-7,9,11-14H,3,8,10H2,1H3,(H,23,26). The number of hydrogen-bond donors (Lipinski definition) is 1. The minimum Gasteiger partial charge on any atom is -0.497 e. The summed E-state index contributed by atoms with van der Waals surface area (Å²) in [5.74, 6) is 1.09. The first kappa shape index (κ1) is 17.8. The molecule has 0 bridgehead atoms. The number of fused-ring (bicyclic) bond motifs is 1. The fourth-order valence-electron chi connectivity index (χ4n) is 2.93. The Kier molecular flexibility index (Phi) is 5.05. The first-order chi connectivity index (χ1) is 13.7. The molecule has 4 rings (SSSR count). The van der Waals surface area contributed by atoms with Gasteiger partial charge in [-0.2, -0.15) is 0 Å². The lowest BCUT2D eigenvalue weighted by Crippen LogP contribution is -2.25. The van der Waals surface area contributed by atoms with E-state index in [9.17, 15) is 4.79 Å². The zero-order chi connectivity index (χ0) is 19.3. The quantitative estimate of drug-likeness (QED) is 0.499. The first-order valence-electron chi connectivity index (χ1n) is 9.02. The first-order valence-corrected chi connectivity index (χ1v) is 9.02. The van der Waals surface area contributed by atoms with Crippen LogP contribution in [0.15, 0.2) is 65.6 Å². The highest BCUT2D eigenvalue weighted by atomic mass is 16.5. The molecule has 1 amide bonds. The SMILES string of the molecule is COc1cccc(-c2nc3ccc(C(=O)NCCCn4ccnc4)cc3o2)c1. The number of hydrogen-bond acceptors (Lipinski definition) is 5. The van der Waals surface area contributed by atoms with E-state index in [0.717, 1.165) is 24.3 Å². The molecule has 7 heteroatoms. The topological polar surface area (TPSA) is 82.2 Å². The van der Waals surface area contributed by atoms with E-state index < -0.39 is 0 Å². The van der Waals surface area contributed by atoms with Crippen molar-refractivity contribution in [3.8, 4) is 17.2 Å². The van der Waals surface area contributed by atoms with Crippen molar-refractivity contribution >= 4 is 17.0 Å². The zero-order valence-electron chi connectivity index (χ0n) is 15.5. The summed E-state index contributed by atoms with van der Waals surface area (Å²) in [6.45, 7) is 1.39. The van der Waals surface area contributed by atoms with Gasteiger partial charge in [-0.15, -0.1) is 0 Å². The largest absolute Gasteiger partial charge is 0.497 e. The van der Waals surface area contributed by atoms with E-state index in [1.165, 1.54) is 0 Å². The molecule has 0 atom stereocenters. The molecule has 0 unspecified atom stereocenters. The van der Waals surface area contributed by atoms with Crippen LogP contribution in [0.5, 0.6) is 5.75 Å². The van der Waals surface area contributed by atoms with Crippen LogP contribution in [0.3, 0.4) is 0 Å². The van der Waals surface area contributed by atoms with Gasteiger partial charge in [0.2, 0.25) is 5.89 Å². The second kappa shape index (κ2) is 7.96. The predicted octanol–water partition coefficient (Wildman–Crippen LogP) is 3.52. The van der Waals surface area contributed by atoms with Crippen LogP contribution < -0.4 is 10.1 Å². The van der Waals surface area contributed by atoms with E-state index >= 15 is 0 Å². The second-order valence-electron chi connectivity index (χ2n) is 6.34. The summed E-state index contributed by atoms with van der Waals surface area (Å²) in [6.07, 6.45) is 6.23. The van der Waals surface area contributed by atoms with Crippen LogP contribution in [0.2, 0.25) is 0 Å². The Hall–Kier alpha value is -3.61. The van der Waals surface area contributed by atoms with Crippen molar-refractivity contribution in [2.24, 2.45) is 0 Å². The Morgan fingerprint density at radius 1 is 1.25 bits per heavy atom. The van der Waals surface area contributed by atoms with E-state index in [2.05, 4.69) is 15.3 Å². The number of benzene rings is 2. The van der Waals surface area contributed by atoms with Crippen molar-refractivity contribution in [2.45, 2.75) is 13.0 Å². The minimum atomic E-state index is -0.133. The molecule has 0 saturated heterocycles. The molecular weight excluding hydrogens is 356 g/mol. The molecule has 142 valence electrons. The van der Waals surface area contributed by atoms with Crippen LogP contribution in [-0.4, -0.2) is 34.1 Å². The number of imidazole rings is 1. The minimum absolute atomic E-state index is 0.133. The summed E-state index contributed by atoms with van der Waals surface area (Å²) in [5, 5.41) is 2.93. The van der Waals surface area contributed by atoms with Gasteiger partial charge in [0.1, 0.15) is 11.3 Å². The van der Waals surface area contributed by atoms with Gasteiger partial charge in [0.05, 0.1) is 13.4 Å². The van der Waals surface area contributed by atoms with Crippen molar-refractivity contribution < 1.29 is 13.9 Å². The predicted molar refractivity (Wildman–Crippen MR) is 105 cm³/mol. The Bertz CT molecular complexity index is 1090. The molecule has 2 aromatic carbocycles.